The number of likely N-dealkylation sites (N-methyl/N-ethyl adjacent to an activating group) is 1. The van der Waals surface area contributed by atoms with Gasteiger partial charge in [0.2, 0.25) is 0 Å². The highest BCUT2D eigenvalue weighted by molar-refractivity contribution is 4.69. The number of rotatable bonds is 4. The minimum atomic E-state index is -1.50. The van der Waals surface area contributed by atoms with E-state index in [1.165, 1.54) is 0 Å². The summed E-state index contributed by atoms with van der Waals surface area (Å²) in [6, 6.07) is 0. The van der Waals surface area contributed by atoms with Gasteiger partial charge in [0.25, 0.3) is 5.09 Å². The summed E-state index contributed by atoms with van der Waals surface area (Å²) in [6.45, 7) is 9.37. The van der Waals surface area contributed by atoms with Gasteiger partial charge in [-0.15, -0.1) is 10.1 Å². The first kappa shape index (κ1) is 14.2. The van der Waals surface area contributed by atoms with E-state index in [0.717, 1.165) is 17.6 Å². The van der Waals surface area contributed by atoms with Gasteiger partial charge in [0.15, 0.2) is 0 Å². The van der Waals surface area contributed by atoms with Crippen molar-refractivity contribution in [1.82, 2.24) is 0 Å². The van der Waals surface area contributed by atoms with Crippen LogP contribution in [0.2, 0.25) is 0 Å². The number of hydrogen-bond acceptors (Lipinski definition) is 2. The lowest BCUT2D eigenvalue weighted by Crippen LogP contribution is -2.39. The molecular weight excluding hydrogens is 172 g/mol. The number of hydrogen-bond donors (Lipinski definition) is 1. The molecule has 0 aromatic heterocycles. The first-order valence-corrected chi connectivity index (χ1v) is 3.73. The molecule has 0 aliphatic rings. The molecule has 0 unspecified atom stereocenters. The molecule has 0 heterocycles. The lowest BCUT2D eigenvalue weighted by atomic mass is 10.4. The van der Waals surface area contributed by atoms with E-state index in [2.05, 4.69) is 27.3 Å². The van der Waals surface area contributed by atoms with Gasteiger partial charge in [-0.25, -0.2) is 0 Å². The molecule has 0 saturated heterocycles. The van der Waals surface area contributed by atoms with Gasteiger partial charge < -0.3 is 9.69 Å². The monoisotopic (exact) mass is 189 g/mol. The Hall–Kier alpha value is -1.36. The normalized spacial score (nSPS) is 9.38. The van der Waals surface area contributed by atoms with E-state index in [4.69, 9.17) is 15.3 Å². The van der Waals surface area contributed by atoms with Crippen molar-refractivity contribution in [2.24, 2.45) is 0 Å². The van der Waals surface area contributed by atoms with Gasteiger partial charge in [-0.2, -0.15) is 0 Å². The molecule has 0 amide bonds. The molecule has 5 heteroatoms. The highest BCUT2D eigenvalue weighted by Crippen LogP contribution is 1.95. The van der Waals surface area contributed by atoms with Gasteiger partial charge in [0.1, 0.15) is 0 Å². The van der Waals surface area contributed by atoms with Crippen molar-refractivity contribution in [2.75, 3.05) is 27.2 Å². The van der Waals surface area contributed by atoms with E-state index >= 15 is 0 Å². The Morgan fingerprint density at radius 2 is 1.62 bits per heavy atom. The van der Waals surface area contributed by atoms with E-state index < -0.39 is 5.09 Å². The summed E-state index contributed by atoms with van der Waals surface area (Å²) in [5, 5.41) is 13.6. The molecule has 0 aromatic rings. The SMILES string of the molecule is C=CC[N+](C)(C)CC=C.O=[N+]([O-])O. The Morgan fingerprint density at radius 1 is 1.38 bits per heavy atom. The highest BCUT2D eigenvalue weighted by Gasteiger charge is 2.07. The van der Waals surface area contributed by atoms with Crippen molar-refractivity contribution in [1.29, 1.82) is 0 Å². The van der Waals surface area contributed by atoms with Crippen LogP contribution in [0.1, 0.15) is 0 Å². The van der Waals surface area contributed by atoms with E-state index in [-0.39, 0.29) is 0 Å². The fourth-order valence-corrected chi connectivity index (χ4v) is 0.774. The van der Waals surface area contributed by atoms with Crippen LogP contribution in [-0.2, 0) is 0 Å². The van der Waals surface area contributed by atoms with Crippen LogP contribution in [0.25, 0.3) is 0 Å². The average Bonchev–Trinajstić information content (AvgIpc) is 1.84. The van der Waals surface area contributed by atoms with Crippen molar-refractivity contribution in [3.05, 3.63) is 35.4 Å². The lowest BCUT2D eigenvalue weighted by Gasteiger charge is -2.26. The summed E-state index contributed by atoms with van der Waals surface area (Å²) in [5.41, 5.74) is 0. The maximum Gasteiger partial charge on any atom is 0.291 e. The molecule has 0 aliphatic heterocycles. The standard InChI is InChI=1S/C8H16N.HNO3/c1-5-7-9(3,4)8-6-2;2-1(3)4/h5-6H,1-2,7-8H2,3-4H3;(H,2,3,4)/q+1;. The van der Waals surface area contributed by atoms with Crippen molar-refractivity contribution < 1.29 is 14.8 Å². The summed E-state index contributed by atoms with van der Waals surface area (Å²) in [5.74, 6) is 0. The van der Waals surface area contributed by atoms with Gasteiger partial charge >= 0.3 is 0 Å². The van der Waals surface area contributed by atoms with E-state index in [1.54, 1.807) is 0 Å². The van der Waals surface area contributed by atoms with E-state index in [9.17, 15) is 0 Å². The zero-order valence-electron chi connectivity index (χ0n) is 8.14. The van der Waals surface area contributed by atoms with Crippen LogP contribution in [0, 0.1) is 10.1 Å². The molecule has 0 bridgehead atoms. The molecule has 1 N–H and O–H groups in total. The summed E-state index contributed by atoms with van der Waals surface area (Å²) < 4.78 is 0.951. The first-order chi connectivity index (χ1) is 5.85. The predicted octanol–water partition coefficient (Wildman–Crippen LogP) is 1.09. The van der Waals surface area contributed by atoms with E-state index in [1.807, 2.05) is 12.2 Å². The first-order valence-electron chi connectivity index (χ1n) is 3.73. The summed E-state index contributed by atoms with van der Waals surface area (Å²) >= 11 is 0. The molecule has 0 rings (SSSR count). The highest BCUT2D eigenvalue weighted by atomic mass is 16.9. The zero-order chi connectivity index (χ0) is 10.9. The van der Waals surface area contributed by atoms with Crippen LogP contribution < -0.4 is 0 Å². The maximum atomic E-state index is 8.36. The van der Waals surface area contributed by atoms with Gasteiger partial charge in [-0.05, 0) is 12.2 Å². The summed E-state index contributed by atoms with van der Waals surface area (Å²) in [6.07, 6.45) is 3.87. The van der Waals surface area contributed by atoms with Crippen molar-refractivity contribution in [3.8, 4) is 0 Å². The van der Waals surface area contributed by atoms with Crippen LogP contribution in [0.15, 0.2) is 25.3 Å². The molecule has 0 radical (unpaired) electrons. The molecule has 0 spiro atoms. The molecular formula is C8H17N2O3+. The number of nitrogens with zero attached hydrogens (tertiary/aromatic N) is 2. The third-order valence-corrected chi connectivity index (χ3v) is 1.25. The van der Waals surface area contributed by atoms with Gasteiger partial charge in [-0.3, -0.25) is 0 Å². The second kappa shape index (κ2) is 7.30. The largest absolute Gasteiger partial charge is 0.328 e. The fraction of sp³-hybridized carbons (Fsp3) is 0.500. The predicted molar refractivity (Wildman–Crippen MR) is 51.0 cm³/mol. The Labute approximate surface area is 78.3 Å². The minimum absolute atomic E-state index is 0.951. The van der Waals surface area contributed by atoms with Gasteiger partial charge in [0, 0.05) is 0 Å². The Balaban J connectivity index is 0. The molecule has 0 atom stereocenters. The quantitative estimate of drug-likeness (QED) is 0.311. The Morgan fingerprint density at radius 3 is 1.77 bits per heavy atom. The van der Waals surface area contributed by atoms with Crippen molar-refractivity contribution >= 4 is 0 Å². The smallest absolute Gasteiger partial charge is 0.291 e. The molecule has 0 aliphatic carbocycles. The van der Waals surface area contributed by atoms with Crippen LogP contribution in [0.5, 0.6) is 0 Å². The third-order valence-electron chi connectivity index (χ3n) is 1.25. The van der Waals surface area contributed by atoms with Gasteiger partial charge in [-0.1, -0.05) is 13.2 Å². The minimum Gasteiger partial charge on any atom is -0.328 e. The molecule has 76 valence electrons. The van der Waals surface area contributed by atoms with Crippen molar-refractivity contribution in [3.63, 3.8) is 0 Å². The molecule has 0 saturated carbocycles. The van der Waals surface area contributed by atoms with Crippen LogP contribution >= 0.6 is 0 Å². The second-order valence-electron chi connectivity index (χ2n) is 3.12. The molecule has 13 heavy (non-hydrogen) atoms. The molecule has 0 fully saturated rings. The van der Waals surface area contributed by atoms with Gasteiger partial charge in [0.05, 0.1) is 27.2 Å². The fourth-order valence-electron chi connectivity index (χ4n) is 0.774. The Kier molecular flexibility index (Phi) is 7.96. The summed E-state index contributed by atoms with van der Waals surface area (Å²) in [7, 11) is 4.31. The second-order valence-corrected chi connectivity index (χ2v) is 3.12. The number of quaternary nitrogens is 1. The van der Waals surface area contributed by atoms with Crippen LogP contribution in [0.4, 0.5) is 0 Å². The van der Waals surface area contributed by atoms with Crippen LogP contribution in [0.3, 0.4) is 0 Å². The molecule has 0 aromatic carbocycles. The van der Waals surface area contributed by atoms with Crippen molar-refractivity contribution in [2.45, 2.75) is 0 Å². The van der Waals surface area contributed by atoms with Crippen LogP contribution in [-0.4, -0.2) is 42.0 Å². The maximum absolute atomic E-state index is 8.36. The topological polar surface area (TPSA) is 63.4 Å². The zero-order valence-corrected chi connectivity index (χ0v) is 8.14. The Bertz CT molecular complexity index is 162. The third kappa shape index (κ3) is 18.0. The van der Waals surface area contributed by atoms with E-state index in [0.29, 0.717) is 0 Å². The lowest BCUT2D eigenvalue weighted by molar-refractivity contribution is -0.878. The molecule has 5 nitrogen and oxygen atoms in total. The summed E-state index contributed by atoms with van der Waals surface area (Å²) in [4.78, 5) is 8.36. The average molecular weight is 189 g/mol.